The zero-order valence-electron chi connectivity index (χ0n) is 13.2. The highest BCUT2D eigenvalue weighted by Crippen LogP contribution is 2.27. The average Bonchev–Trinajstić information content (AvgIpc) is 2.53. The minimum absolute atomic E-state index is 0.221. The largest absolute Gasteiger partial charge is 0.496 e. The molecule has 0 aliphatic heterocycles. The third kappa shape index (κ3) is 4.60. The molecule has 2 rings (SSSR count). The lowest BCUT2D eigenvalue weighted by Gasteiger charge is -2.09. The van der Waals surface area contributed by atoms with E-state index in [2.05, 4.69) is 21.2 Å². The Bertz CT molecular complexity index is 741. The van der Waals surface area contributed by atoms with Crippen LogP contribution in [0.1, 0.15) is 11.1 Å². The minimum Gasteiger partial charge on any atom is -0.496 e. The number of aryl methyl sites for hydroxylation is 1. The van der Waals surface area contributed by atoms with Crippen LogP contribution in [-0.4, -0.2) is 20.1 Å². The molecule has 1 amide bonds. The highest BCUT2D eigenvalue weighted by atomic mass is 79.9. The van der Waals surface area contributed by atoms with Crippen molar-refractivity contribution in [3.8, 4) is 11.5 Å². The van der Waals surface area contributed by atoms with E-state index in [0.29, 0.717) is 11.4 Å². The molecule has 1 N–H and O–H groups in total. The van der Waals surface area contributed by atoms with Crippen LogP contribution in [0, 0.1) is 6.92 Å². The Labute approximate surface area is 144 Å². The van der Waals surface area contributed by atoms with Gasteiger partial charge in [0.25, 0.3) is 0 Å². The predicted molar refractivity (Wildman–Crippen MR) is 96.1 cm³/mol. The van der Waals surface area contributed by atoms with E-state index in [-0.39, 0.29) is 5.91 Å². The van der Waals surface area contributed by atoms with Crippen LogP contribution in [0.25, 0.3) is 6.08 Å². The molecule has 120 valence electrons. The van der Waals surface area contributed by atoms with Crippen LogP contribution >= 0.6 is 15.9 Å². The highest BCUT2D eigenvalue weighted by molar-refractivity contribution is 9.10. The summed E-state index contributed by atoms with van der Waals surface area (Å²) < 4.78 is 11.3. The number of halogens is 1. The Morgan fingerprint density at radius 1 is 1.09 bits per heavy atom. The number of benzene rings is 2. The van der Waals surface area contributed by atoms with Crippen LogP contribution in [0.3, 0.4) is 0 Å². The lowest BCUT2D eigenvalue weighted by molar-refractivity contribution is -0.111. The Balaban J connectivity index is 2.10. The van der Waals surface area contributed by atoms with Crippen molar-refractivity contribution >= 4 is 33.6 Å². The highest BCUT2D eigenvalue weighted by Gasteiger charge is 2.06. The van der Waals surface area contributed by atoms with Crippen LogP contribution in [0.15, 0.2) is 46.9 Å². The van der Waals surface area contributed by atoms with Crippen molar-refractivity contribution in [3.05, 3.63) is 58.1 Å². The van der Waals surface area contributed by atoms with Gasteiger partial charge in [0.1, 0.15) is 11.5 Å². The van der Waals surface area contributed by atoms with Gasteiger partial charge in [0.05, 0.1) is 24.4 Å². The molecule has 23 heavy (non-hydrogen) atoms. The molecule has 0 unspecified atom stereocenters. The zero-order valence-corrected chi connectivity index (χ0v) is 14.8. The summed E-state index contributed by atoms with van der Waals surface area (Å²) in [5.41, 5.74) is 2.59. The summed E-state index contributed by atoms with van der Waals surface area (Å²) >= 11 is 3.42. The van der Waals surface area contributed by atoms with E-state index >= 15 is 0 Å². The molecule has 2 aromatic rings. The molecule has 0 fully saturated rings. The first-order valence-corrected chi connectivity index (χ1v) is 7.80. The third-order valence-electron chi connectivity index (χ3n) is 3.22. The first-order chi connectivity index (χ1) is 11.0. The van der Waals surface area contributed by atoms with Crippen molar-refractivity contribution in [3.63, 3.8) is 0 Å². The average molecular weight is 376 g/mol. The molecule has 0 saturated heterocycles. The molecule has 0 atom stereocenters. The Hall–Kier alpha value is -2.27. The van der Waals surface area contributed by atoms with Gasteiger partial charge in [0.2, 0.25) is 5.91 Å². The topological polar surface area (TPSA) is 47.6 Å². The molecular weight excluding hydrogens is 358 g/mol. The summed E-state index contributed by atoms with van der Waals surface area (Å²) in [6.07, 6.45) is 3.22. The standard InChI is InChI=1S/C18H18BrNO3/c1-12-4-7-17(23-3)15(10-12)20-18(21)9-6-13-5-8-16(22-2)14(19)11-13/h4-11H,1-3H3,(H,20,21)/b9-6+. The van der Waals surface area contributed by atoms with Crippen molar-refractivity contribution in [2.45, 2.75) is 6.92 Å². The summed E-state index contributed by atoms with van der Waals surface area (Å²) in [4.78, 5) is 12.1. The number of carbonyl (C=O) groups excluding carboxylic acids is 1. The van der Waals surface area contributed by atoms with Crippen molar-refractivity contribution in [2.24, 2.45) is 0 Å². The van der Waals surface area contributed by atoms with Gasteiger partial charge in [0.15, 0.2) is 0 Å². The van der Waals surface area contributed by atoms with Crippen LogP contribution in [0.5, 0.6) is 11.5 Å². The zero-order chi connectivity index (χ0) is 16.8. The minimum atomic E-state index is -0.221. The summed E-state index contributed by atoms with van der Waals surface area (Å²) in [5.74, 6) is 1.15. The first kappa shape index (κ1) is 17.1. The molecule has 0 aliphatic carbocycles. The molecular formula is C18H18BrNO3. The van der Waals surface area contributed by atoms with E-state index in [4.69, 9.17) is 9.47 Å². The molecule has 0 aromatic heterocycles. The maximum Gasteiger partial charge on any atom is 0.248 e. The second kappa shape index (κ2) is 7.83. The van der Waals surface area contributed by atoms with Crippen LogP contribution in [0.4, 0.5) is 5.69 Å². The van der Waals surface area contributed by atoms with Crippen LogP contribution in [0.2, 0.25) is 0 Å². The van der Waals surface area contributed by atoms with Crippen LogP contribution < -0.4 is 14.8 Å². The SMILES string of the molecule is COc1ccc(/C=C/C(=O)Nc2cc(C)ccc2OC)cc1Br. The van der Waals surface area contributed by atoms with Crippen molar-refractivity contribution in [2.75, 3.05) is 19.5 Å². The number of rotatable bonds is 5. The number of hydrogen-bond acceptors (Lipinski definition) is 3. The fourth-order valence-electron chi connectivity index (χ4n) is 2.05. The monoisotopic (exact) mass is 375 g/mol. The lowest BCUT2D eigenvalue weighted by Crippen LogP contribution is -2.09. The Kier molecular flexibility index (Phi) is 5.82. The first-order valence-electron chi connectivity index (χ1n) is 7.00. The van der Waals surface area contributed by atoms with E-state index in [1.807, 2.05) is 43.3 Å². The number of methoxy groups -OCH3 is 2. The van der Waals surface area contributed by atoms with Gasteiger partial charge >= 0.3 is 0 Å². The number of carbonyl (C=O) groups is 1. The summed E-state index contributed by atoms with van der Waals surface area (Å²) in [6.45, 7) is 1.96. The number of nitrogens with one attached hydrogen (secondary N) is 1. The number of amides is 1. The lowest BCUT2D eigenvalue weighted by atomic mass is 10.2. The van der Waals surface area contributed by atoms with Gasteiger partial charge in [-0.2, -0.15) is 0 Å². The molecule has 0 radical (unpaired) electrons. The number of anilines is 1. The second-order valence-corrected chi connectivity index (χ2v) is 5.77. The summed E-state index contributed by atoms with van der Waals surface area (Å²) in [7, 11) is 3.18. The predicted octanol–water partition coefficient (Wildman–Crippen LogP) is 4.43. The van der Waals surface area contributed by atoms with Gasteiger partial charge in [-0.25, -0.2) is 0 Å². The van der Waals surface area contributed by atoms with E-state index < -0.39 is 0 Å². The molecule has 2 aromatic carbocycles. The van der Waals surface area contributed by atoms with E-state index in [1.165, 1.54) is 6.08 Å². The molecule has 4 nitrogen and oxygen atoms in total. The maximum atomic E-state index is 12.1. The smallest absolute Gasteiger partial charge is 0.248 e. The van der Waals surface area contributed by atoms with Gasteiger partial charge in [-0.1, -0.05) is 12.1 Å². The third-order valence-corrected chi connectivity index (χ3v) is 3.84. The summed E-state index contributed by atoms with van der Waals surface area (Å²) in [6, 6.07) is 11.2. The fraction of sp³-hybridized carbons (Fsp3) is 0.167. The number of ether oxygens (including phenoxy) is 2. The normalized spacial score (nSPS) is 10.6. The molecule has 0 heterocycles. The quantitative estimate of drug-likeness (QED) is 0.786. The fourth-order valence-corrected chi connectivity index (χ4v) is 2.61. The van der Waals surface area contributed by atoms with Gasteiger partial charge in [-0.05, 0) is 64.3 Å². The van der Waals surface area contributed by atoms with E-state index in [1.54, 1.807) is 20.3 Å². The van der Waals surface area contributed by atoms with Gasteiger partial charge in [-0.15, -0.1) is 0 Å². The molecule has 0 spiro atoms. The van der Waals surface area contributed by atoms with Crippen molar-refractivity contribution < 1.29 is 14.3 Å². The van der Waals surface area contributed by atoms with E-state index in [0.717, 1.165) is 21.3 Å². The van der Waals surface area contributed by atoms with Crippen molar-refractivity contribution in [1.29, 1.82) is 0 Å². The molecule has 5 heteroatoms. The maximum absolute atomic E-state index is 12.1. The summed E-state index contributed by atoms with van der Waals surface area (Å²) in [5, 5.41) is 2.82. The molecule has 0 aliphatic rings. The van der Waals surface area contributed by atoms with Gasteiger partial charge in [-0.3, -0.25) is 4.79 Å². The van der Waals surface area contributed by atoms with E-state index in [9.17, 15) is 4.79 Å². The Morgan fingerprint density at radius 3 is 2.43 bits per heavy atom. The second-order valence-electron chi connectivity index (χ2n) is 4.92. The van der Waals surface area contributed by atoms with Gasteiger partial charge in [0, 0.05) is 6.08 Å². The molecule has 0 bridgehead atoms. The molecule has 0 saturated carbocycles. The van der Waals surface area contributed by atoms with Crippen molar-refractivity contribution in [1.82, 2.24) is 0 Å². The Morgan fingerprint density at radius 2 is 1.78 bits per heavy atom. The van der Waals surface area contributed by atoms with Gasteiger partial charge < -0.3 is 14.8 Å². The number of hydrogen-bond donors (Lipinski definition) is 1. The van der Waals surface area contributed by atoms with Crippen LogP contribution in [-0.2, 0) is 4.79 Å².